The quantitative estimate of drug-likeness (QED) is 0.770. The number of pyridine rings is 1. The van der Waals surface area contributed by atoms with Crippen LogP contribution in [0.3, 0.4) is 0 Å². The molecule has 5 nitrogen and oxygen atoms in total. The van der Waals surface area contributed by atoms with Gasteiger partial charge in [0.05, 0.1) is 0 Å². The highest BCUT2D eigenvalue weighted by Crippen LogP contribution is 2.37. The summed E-state index contributed by atoms with van der Waals surface area (Å²) in [5.74, 6) is 3.42. The number of aromatic nitrogens is 1. The number of hydrogen-bond acceptors (Lipinski definition) is 5. The van der Waals surface area contributed by atoms with Crippen molar-refractivity contribution in [2.45, 2.75) is 51.7 Å². The zero-order valence-electron chi connectivity index (χ0n) is 17.3. The molecule has 2 aliphatic heterocycles. The number of benzene rings is 1. The van der Waals surface area contributed by atoms with Gasteiger partial charge in [-0.15, -0.1) is 0 Å². The molecule has 2 aromatic rings. The average molecular weight is 414 g/mol. The van der Waals surface area contributed by atoms with Gasteiger partial charge in [0.2, 0.25) is 0 Å². The molecule has 1 aliphatic carbocycles. The number of rotatable bonds is 3. The average Bonchev–Trinajstić information content (AvgIpc) is 2.75. The smallest absolute Gasteiger partial charge is 0.152 e. The Morgan fingerprint density at radius 3 is 2.79 bits per heavy atom. The first-order chi connectivity index (χ1) is 14.2. The van der Waals surface area contributed by atoms with Crippen LogP contribution in [0.4, 0.5) is 0 Å². The van der Waals surface area contributed by atoms with E-state index in [-0.39, 0.29) is 0 Å². The van der Waals surface area contributed by atoms with Crippen LogP contribution in [0.15, 0.2) is 24.4 Å². The number of fused-ring (bicyclic) bond motifs is 3. The maximum atomic E-state index is 11.7. The fourth-order valence-electron chi connectivity index (χ4n) is 5.09. The molecule has 0 unspecified atom stereocenters. The van der Waals surface area contributed by atoms with E-state index >= 15 is 0 Å². The zero-order valence-corrected chi connectivity index (χ0v) is 18.1. The van der Waals surface area contributed by atoms with Gasteiger partial charge in [0, 0.05) is 71.7 Å². The van der Waals surface area contributed by atoms with Gasteiger partial charge in [0.1, 0.15) is 12.2 Å². The summed E-state index contributed by atoms with van der Waals surface area (Å²) in [6, 6.07) is 7.17. The highest BCUT2D eigenvalue weighted by atomic mass is 32.2. The molecule has 1 saturated heterocycles. The maximum absolute atomic E-state index is 11.7. The predicted molar refractivity (Wildman–Crippen MR) is 117 cm³/mol. The Morgan fingerprint density at radius 1 is 1.21 bits per heavy atom. The lowest BCUT2D eigenvalue weighted by Gasteiger charge is -2.39. The van der Waals surface area contributed by atoms with Crippen molar-refractivity contribution in [1.29, 1.82) is 0 Å². The minimum Gasteiger partial charge on any atom is -0.475 e. The molecule has 1 aromatic carbocycles. The highest BCUT2D eigenvalue weighted by molar-refractivity contribution is 7.85. The first kappa shape index (κ1) is 19.5. The molecule has 0 atom stereocenters. The van der Waals surface area contributed by atoms with E-state index in [2.05, 4.69) is 28.9 Å². The minimum atomic E-state index is -0.639. The van der Waals surface area contributed by atoms with Crippen molar-refractivity contribution in [3.05, 3.63) is 35.5 Å². The summed E-state index contributed by atoms with van der Waals surface area (Å²) in [7, 11) is -0.639. The van der Waals surface area contributed by atoms with Gasteiger partial charge in [-0.3, -0.25) is 19.0 Å². The van der Waals surface area contributed by atoms with Crippen LogP contribution < -0.4 is 4.74 Å². The second-order valence-corrected chi connectivity index (χ2v) is 10.7. The molecule has 0 bridgehead atoms. The van der Waals surface area contributed by atoms with Crippen molar-refractivity contribution in [3.8, 4) is 5.75 Å². The summed E-state index contributed by atoms with van der Waals surface area (Å²) >= 11 is 0. The number of hydrogen-bond donors (Lipinski definition) is 0. The Hall–Kier alpha value is -1.50. The van der Waals surface area contributed by atoms with E-state index in [1.54, 1.807) is 0 Å². The van der Waals surface area contributed by atoms with Crippen LogP contribution in [0.5, 0.6) is 5.75 Å². The molecule has 5 rings (SSSR count). The summed E-state index contributed by atoms with van der Waals surface area (Å²) in [5.41, 5.74) is 3.59. The lowest BCUT2D eigenvalue weighted by Crippen LogP contribution is -2.42. The zero-order chi connectivity index (χ0) is 19.8. The molecule has 29 heavy (non-hydrogen) atoms. The molecule has 2 fully saturated rings. The van der Waals surface area contributed by atoms with E-state index < -0.39 is 10.8 Å². The Labute approximate surface area is 175 Å². The Kier molecular flexibility index (Phi) is 5.59. The fourth-order valence-corrected chi connectivity index (χ4v) is 6.22. The lowest BCUT2D eigenvalue weighted by molar-refractivity contribution is 0.0355. The van der Waals surface area contributed by atoms with E-state index in [0.29, 0.717) is 12.8 Å². The highest BCUT2D eigenvalue weighted by Gasteiger charge is 2.29. The van der Waals surface area contributed by atoms with Crippen LogP contribution in [0.2, 0.25) is 0 Å². The number of nitrogens with zero attached hydrogens (tertiary/aromatic N) is 3. The molecule has 3 aliphatic rings. The standard InChI is InChI=1S/C23H31N3O2S/c1-17-4-6-20(7-5-17)26-15-19-13-18(14-25-9-11-29(27)12-10-25)21-3-2-8-24-22(21)23(19)28-16-26/h2-3,8,13,17,20H,4-7,9-12,14-16H2,1H3. The normalized spacial score (nSPS) is 26.9. The van der Waals surface area contributed by atoms with Crippen molar-refractivity contribution < 1.29 is 8.95 Å². The van der Waals surface area contributed by atoms with E-state index in [9.17, 15) is 4.21 Å². The molecule has 0 spiro atoms. The summed E-state index contributed by atoms with van der Waals surface area (Å²) in [5, 5.41) is 1.19. The fraction of sp³-hybridized carbons (Fsp3) is 0.609. The molecule has 6 heteroatoms. The van der Waals surface area contributed by atoms with E-state index in [0.717, 1.165) is 54.9 Å². The van der Waals surface area contributed by atoms with Crippen LogP contribution in [0, 0.1) is 5.92 Å². The summed E-state index contributed by atoms with van der Waals surface area (Å²) in [4.78, 5) is 9.65. The molecule has 156 valence electrons. The van der Waals surface area contributed by atoms with Crippen LogP contribution >= 0.6 is 0 Å². The predicted octanol–water partition coefficient (Wildman–Crippen LogP) is 3.53. The lowest BCUT2D eigenvalue weighted by atomic mass is 9.86. The third-order valence-electron chi connectivity index (χ3n) is 6.92. The molecule has 0 N–H and O–H groups in total. The molecule has 0 radical (unpaired) electrons. The van der Waals surface area contributed by atoms with Crippen molar-refractivity contribution >= 4 is 21.7 Å². The van der Waals surface area contributed by atoms with Crippen molar-refractivity contribution in [2.75, 3.05) is 31.3 Å². The summed E-state index contributed by atoms with van der Waals surface area (Å²) in [6.07, 6.45) is 7.09. The largest absolute Gasteiger partial charge is 0.475 e. The van der Waals surface area contributed by atoms with Crippen LogP contribution in [0.25, 0.3) is 10.9 Å². The van der Waals surface area contributed by atoms with E-state index in [1.165, 1.54) is 42.2 Å². The van der Waals surface area contributed by atoms with E-state index in [1.807, 2.05) is 12.3 Å². The van der Waals surface area contributed by atoms with Gasteiger partial charge in [-0.1, -0.05) is 13.0 Å². The molecule has 1 saturated carbocycles. The molecule has 0 amide bonds. The summed E-state index contributed by atoms with van der Waals surface area (Å²) < 4.78 is 18.0. The number of ether oxygens (including phenoxy) is 1. The van der Waals surface area contributed by atoms with Gasteiger partial charge >= 0.3 is 0 Å². The second kappa shape index (κ2) is 8.32. The first-order valence-corrected chi connectivity index (χ1v) is 12.5. The minimum absolute atomic E-state index is 0.638. The topological polar surface area (TPSA) is 45.7 Å². The van der Waals surface area contributed by atoms with Crippen molar-refractivity contribution in [2.24, 2.45) is 5.92 Å². The SMILES string of the molecule is CC1CCC(N2COc3c(cc(CN4CCS(=O)CC4)c4cccnc34)C2)CC1. The van der Waals surface area contributed by atoms with Gasteiger partial charge in [-0.05, 0) is 49.3 Å². The van der Waals surface area contributed by atoms with Gasteiger partial charge in [0.25, 0.3) is 0 Å². The van der Waals surface area contributed by atoms with Gasteiger partial charge in [-0.2, -0.15) is 0 Å². The third kappa shape index (κ3) is 4.07. The van der Waals surface area contributed by atoms with Gasteiger partial charge < -0.3 is 4.74 Å². The molecule has 1 aromatic heterocycles. The molecular formula is C23H31N3O2S. The van der Waals surface area contributed by atoms with Crippen LogP contribution in [-0.4, -0.2) is 56.4 Å². The second-order valence-electron chi connectivity index (χ2n) is 8.98. The van der Waals surface area contributed by atoms with Gasteiger partial charge in [0.15, 0.2) is 5.75 Å². The van der Waals surface area contributed by atoms with Crippen LogP contribution in [-0.2, 0) is 23.9 Å². The Bertz CT molecular complexity index is 900. The van der Waals surface area contributed by atoms with Gasteiger partial charge in [-0.25, -0.2) is 0 Å². The molecule has 3 heterocycles. The monoisotopic (exact) mass is 413 g/mol. The Morgan fingerprint density at radius 2 is 2.00 bits per heavy atom. The maximum Gasteiger partial charge on any atom is 0.152 e. The third-order valence-corrected chi connectivity index (χ3v) is 8.20. The molecular weight excluding hydrogens is 382 g/mol. The van der Waals surface area contributed by atoms with Crippen molar-refractivity contribution in [3.63, 3.8) is 0 Å². The van der Waals surface area contributed by atoms with Crippen LogP contribution in [0.1, 0.15) is 43.7 Å². The van der Waals surface area contributed by atoms with Crippen molar-refractivity contribution in [1.82, 2.24) is 14.8 Å². The Balaban J connectivity index is 1.42. The summed E-state index contributed by atoms with van der Waals surface area (Å²) in [6.45, 7) is 6.72. The first-order valence-electron chi connectivity index (χ1n) is 11.0. The van der Waals surface area contributed by atoms with E-state index in [4.69, 9.17) is 9.72 Å².